The Labute approximate surface area is 168 Å². The van der Waals surface area contributed by atoms with Crippen LogP contribution in [0.15, 0.2) is 4.99 Å². The Morgan fingerprint density at radius 1 is 1.18 bits per heavy atom. The highest BCUT2D eigenvalue weighted by atomic mass is 16.2. The van der Waals surface area contributed by atoms with E-state index < -0.39 is 6.04 Å². The Morgan fingerprint density at radius 3 is 2.57 bits per heavy atom. The molecule has 2 atom stereocenters. The van der Waals surface area contributed by atoms with Crippen molar-refractivity contribution in [1.82, 2.24) is 14.7 Å². The third-order valence-corrected chi connectivity index (χ3v) is 6.61. The van der Waals surface area contributed by atoms with Gasteiger partial charge in [0.05, 0.1) is 19.1 Å². The van der Waals surface area contributed by atoms with Crippen molar-refractivity contribution in [2.45, 2.75) is 71.4 Å². The van der Waals surface area contributed by atoms with Crippen LogP contribution in [0.3, 0.4) is 0 Å². The Hall–Kier alpha value is -1.92. The van der Waals surface area contributed by atoms with Crippen molar-refractivity contribution in [1.29, 1.82) is 0 Å². The molecule has 0 bridgehead atoms. The van der Waals surface area contributed by atoms with E-state index in [2.05, 4.69) is 30.2 Å². The average Bonchev–Trinajstić information content (AvgIpc) is 3.05. The predicted octanol–water partition coefficient (Wildman–Crippen LogP) is 2.36. The maximum absolute atomic E-state index is 13.3. The van der Waals surface area contributed by atoms with Gasteiger partial charge in [0.1, 0.15) is 0 Å². The second-order valence-electron chi connectivity index (χ2n) is 9.39. The molecule has 3 amide bonds. The summed E-state index contributed by atoms with van der Waals surface area (Å²) in [5.41, 5.74) is 0. The number of hydrogen-bond donors (Lipinski definition) is 0. The normalized spacial score (nSPS) is 28.9. The van der Waals surface area contributed by atoms with Gasteiger partial charge in [0.15, 0.2) is 0 Å². The van der Waals surface area contributed by atoms with Gasteiger partial charge in [-0.2, -0.15) is 0 Å². The number of likely N-dealkylation sites (N-methyl/N-ethyl adjacent to an activating group) is 1. The second-order valence-corrected chi connectivity index (χ2v) is 9.39. The summed E-state index contributed by atoms with van der Waals surface area (Å²) in [4.78, 5) is 36.5. The lowest BCUT2D eigenvalue weighted by Gasteiger charge is -2.37. The van der Waals surface area contributed by atoms with Gasteiger partial charge in [-0.3, -0.25) is 19.5 Å². The van der Waals surface area contributed by atoms with E-state index in [-0.39, 0.29) is 11.9 Å². The minimum absolute atomic E-state index is 0.102. The summed E-state index contributed by atoms with van der Waals surface area (Å²) in [6, 6.07) is -0.177. The third kappa shape index (κ3) is 3.22. The molecule has 7 nitrogen and oxygen atoms in total. The van der Waals surface area contributed by atoms with Gasteiger partial charge in [-0.1, -0.05) is 45.0 Å². The summed E-state index contributed by atoms with van der Waals surface area (Å²) in [7, 11) is 1.76. The van der Waals surface area contributed by atoms with Crippen molar-refractivity contribution in [2.24, 2.45) is 16.8 Å². The lowest BCUT2D eigenvalue weighted by molar-refractivity contribution is -0.552. The number of aliphatic imine (C=N–C) groups is 1. The SMILES string of the molecule is CC(C)CCN1C(=O)C2C(=NC3=[N+]2CC(C)CN3C2CCCCC2)N(C)C1=O. The number of hydrogen-bond acceptors (Lipinski definition) is 4. The van der Waals surface area contributed by atoms with Crippen molar-refractivity contribution in [2.75, 3.05) is 26.7 Å². The van der Waals surface area contributed by atoms with Crippen molar-refractivity contribution in [3.63, 3.8) is 0 Å². The van der Waals surface area contributed by atoms with Crippen LogP contribution in [0.25, 0.3) is 0 Å². The molecule has 28 heavy (non-hydrogen) atoms. The maximum Gasteiger partial charge on any atom is 0.392 e. The molecular weight excluding hydrogens is 354 g/mol. The second kappa shape index (κ2) is 7.48. The van der Waals surface area contributed by atoms with Crippen LogP contribution in [-0.4, -0.2) is 81.8 Å². The molecule has 0 aromatic rings. The quantitative estimate of drug-likeness (QED) is 0.695. The number of carbonyl (C=O) groups is 2. The summed E-state index contributed by atoms with van der Waals surface area (Å²) in [6.07, 6.45) is 7.07. The van der Waals surface area contributed by atoms with Crippen molar-refractivity contribution in [3.8, 4) is 0 Å². The van der Waals surface area contributed by atoms with Crippen LogP contribution < -0.4 is 0 Å². The number of nitrogens with zero attached hydrogens (tertiary/aromatic N) is 5. The Balaban J connectivity index is 1.66. The van der Waals surface area contributed by atoms with Crippen LogP contribution in [0.4, 0.5) is 4.79 Å². The number of guanidine groups is 1. The van der Waals surface area contributed by atoms with Crippen molar-refractivity contribution >= 4 is 23.7 Å². The van der Waals surface area contributed by atoms with Crippen LogP contribution in [0.1, 0.15) is 59.3 Å². The number of amidine groups is 1. The highest BCUT2D eigenvalue weighted by molar-refractivity contribution is 6.22. The molecule has 1 saturated carbocycles. The molecule has 4 rings (SSSR count). The van der Waals surface area contributed by atoms with Crippen LogP contribution in [-0.2, 0) is 4.79 Å². The fraction of sp³-hybridized carbons (Fsp3) is 0.810. The van der Waals surface area contributed by atoms with Crippen LogP contribution >= 0.6 is 0 Å². The zero-order chi connectivity index (χ0) is 20.0. The van der Waals surface area contributed by atoms with E-state index in [0.717, 1.165) is 25.5 Å². The molecule has 3 aliphatic heterocycles. The molecule has 0 radical (unpaired) electrons. The first-order valence-corrected chi connectivity index (χ1v) is 11.0. The molecule has 154 valence electrons. The average molecular weight is 389 g/mol. The zero-order valence-corrected chi connectivity index (χ0v) is 17.7. The lowest BCUT2D eigenvalue weighted by Crippen LogP contribution is -2.64. The molecule has 4 aliphatic rings. The minimum Gasteiger partial charge on any atom is -0.270 e. The standard InChI is InChI=1S/C21H34N5O2/c1-14(2)10-11-24-19(27)17-18(23(4)21(24)28)22-20-25(12-15(3)13-26(17)20)16-8-6-5-7-9-16/h14-17H,5-13H2,1-4H3/q+1. The lowest BCUT2D eigenvalue weighted by atomic mass is 9.93. The molecule has 7 heteroatoms. The molecular formula is C21H34N5O2+. The third-order valence-electron chi connectivity index (χ3n) is 6.61. The van der Waals surface area contributed by atoms with Crippen LogP contribution in [0, 0.1) is 11.8 Å². The van der Waals surface area contributed by atoms with E-state index >= 15 is 0 Å². The number of rotatable bonds is 4. The van der Waals surface area contributed by atoms with E-state index in [4.69, 9.17) is 4.99 Å². The largest absolute Gasteiger partial charge is 0.392 e. The Bertz CT molecular complexity index is 722. The predicted molar refractivity (Wildman–Crippen MR) is 108 cm³/mol. The molecule has 0 N–H and O–H groups in total. The molecule has 3 heterocycles. The Morgan fingerprint density at radius 2 is 1.89 bits per heavy atom. The first-order valence-electron chi connectivity index (χ1n) is 11.0. The van der Waals surface area contributed by atoms with Gasteiger partial charge < -0.3 is 0 Å². The molecule has 2 unspecified atom stereocenters. The van der Waals surface area contributed by atoms with Crippen molar-refractivity contribution < 1.29 is 14.2 Å². The fourth-order valence-corrected chi connectivity index (χ4v) is 5.03. The summed E-state index contributed by atoms with van der Waals surface area (Å²) in [6.45, 7) is 8.78. The topological polar surface area (TPSA) is 59.2 Å². The molecule has 0 aromatic heterocycles. The first kappa shape index (κ1) is 19.4. The first-order chi connectivity index (χ1) is 13.4. The van der Waals surface area contributed by atoms with Gasteiger partial charge in [-0.25, -0.2) is 9.37 Å². The molecule has 0 aromatic carbocycles. The fourth-order valence-electron chi connectivity index (χ4n) is 5.03. The molecule has 1 saturated heterocycles. The minimum atomic E-state index is -0.446. The van der Waals surface area contributed by atoms with Gasteiger partial charge in [-0.05, 0) is 25.2 Å². The number of amides is 3. The number of fused-ring (bicyclic) bond motifs is 2. The monoisotopic (exact) mass is 388 g/mol. The van der Waals surface area contributed by atoms with E-state index in [9.17, 15) is 9.59 Å². The van der Waals surface area contributed by atoms with Crippen molar-refractivity contribution in [3.05, 3.63) is 0 Å². The molecule has 0 spiro atoms. The van der Waals surface area contributed by atoms with E-state index in [1.807, 2.05) is 0 Å². The van der Waals surface area contributed by atoms with Crippen LogP contribution in [0.5, 0.6) is 0 Å². The van der Waals surface area contributed by atoms with Gasteiger partial charge in [0.2, 0.25) is 11.9 Å². The summed E-state index contributed by atoms with van der Waals surface area (Å²) in [5.74, 6) is 2.35. The number of carbonyl (C=O) groups excluding carboxylic acids is 2. The molecule has 2 fully saturated rings. The van der Waals surface area contributed by atoms with Gasteiger partial charge >= 0.3 is 12.0 Å². The zero-order valence-electron chi connectivity index (χ0n) is 17.7. The summed E-state index contributed by atoms with van der Waals surface area (Å²) < 4.78 is 2.17. The van der Waals surface area contributed by atoms with Gasteiger partial charge in [0.25, 0.3) is 5.91 Å². The number of imide groups is 1. The maximum atomic E-state index is 13.3. The van der Waals surface area contributed by atoms with Gasteiger partial charge in [-0.15, -0.1) is 0 Å². The summed E-state index contributed by atoms with van der Waals surface area (Å²) in [5, 5.41) is 0. The smallest absolute Gasteiger partial charge is 0.270 e. The number of urea groups is 1. The highest BCUT2D eigenvalue weighted by Crippen LogP contribution is 2.30. The van der Waals surface area contributed by atoms with E-state index in [0.29, 0.717) is 30.3 Å². The van der Waals surface area contributed by atoms with Gasteiger partial charge in [0, 0.05) is 19.5 Å². The Kier molecular flexibility index (Phi) is 5.19. The van der Waals surface area contributed by atoms with Crippen LogP contribution in [0.2, 0.25) is 0 Å². The summed E-state index contributed by atoms with van der Waals surface area (Å²) >= 11 is 0. The van der Waals surface area contributed by atoms with E-state index in [1.54, 1.807) is 11.9 Å². The molecule has 1 aliphatic carbocycles. The highest BCUT2D eigenvalue weighted by Gasteiger charge is 2.55. The van der Waals surface area contributed by atoms with E-state index in [1.165, 1.54) is 37.0 Å².